The van der Waals surface area contributed by atoms with Gasteiger partial charge in [-0.05, 0) is 125 Å². The van der Waals surface area contributed by atoms with Crippen molar-refractivity contribution in [2.24, 2.45) is 11.8 Å². The number of likely N-dealkylation sites (tertiary alicyclic amines) is 2. The number of esters is 2. The lowest BCUT2D eigenvalue weighted by molar-refractivity contribution is -0.188. The molecule has 12 rings (SSSR count). The van der Waals surface area contributed by atoms with E-state index in [4.69, 9.17) is 18.9 Å². The number of carbonyl (C=O) groups excluding carboxylic acids is 4. The van der Waals surface area contributed by atoms with Gasteiger partial charge in [0.25, 0.3) is 0 Å². The highest BCUT2D eigenvalue weighted by Gasteiger charge is 2.75. The summed E-state index contributed by atoms with van der Waals surface area (Å²) in [6, 6.07) is 7.34. The number of nitrogens with zero attached hydrogens (tertiary/aromatic N) is 2. The van der Waals surface area contributed by atoms with E-state index in [0.717, 1.165) is 48.4 Å². The Kier molecular flexibility index (Phi) is 7.68. The van der Waals surface area contributed by atoms with Crippen LogP contribution in [0, 0.1) is 11.8 Å². The van der Waals surface area contributed by atoms with Crippen molar-refractivity contribution in [3.05, 3.63) is 46.5 Å². The first-order valence-electron chi connectivity index (χ1n) is 22.1. The largest absolute Gasteiger partial charge is 0.477 e. The van der Waals surface area contributed by atoms with Crippen molar-refractivity contribution >= 4 is 23.5 Å². The van der Waals surface area contributed by atoms with Gasteiger partial charge in [-0.2, -0.15) is 0 Å². The molecule has 2 spiro atoms. The van der Waals surface area contributed by atoms with Crippen molar-refractivity contribution in [2.75, 3.05) is 26.2 Å². The van der Waals surface area contributed by atoms with Crippen molar-refractivity contribution in [1.82, 2.24) is 9.80 Å². The van der Waals surface area contributed by atoms with Gasteiger partial charge in [0.1, 0.15) is 0 Å². The predicted molar refractivity (Wildman–Crippen MR) is 206 cm³/mol. The summed E-state index contributed by atoms with van der Waals surface area (Å²) >= 11 is 0. The lowest BCUT2D eigenvalue weighted by Crippen LogP contribution is -2.76. The molecule has 0 aromatic heterocycles. The highest BCUT2D eigenvalue weighted by Crippen LogP contribution is 2.67. The van der Waals surface area contributed by atoms with Crippen molar-refractivity contribution in [3.8, 4) is 23.0 Å². The minimum Gasteiger partial charge on any atom is -0.477 e. The zero-order chi connectivity index (χ0) is 39.3. The van der Waals surface area contributed by atoms with Gasteiger partial charge < -0.3 is 29.2 Å². The third kappa shape index (κ3) is 4.77. The van der Waals surface area contributed by atoms with Crippen LogP contribution in [0.25, 0.3) is 0 Å². The topological polar surface area (TPSA) is 152 Å². The van der Waals surface area contributed by atoms with Gasteiger partial charge in [-0.15, -0.1) is 0 Å². The van der Waals surface area contributed by atoms with Crippen LogP contribution in [0.2, 0.25) is 0 Å². The average Bonchev–Trinajstić information content (AvgIpc) is 4.13. The maximum absolute atomic E-state index is 13.4. The molecule has 2 saturated heterocycles. The Balaban J connectivity index is 0.716. The molecular weight excluding hydrogens is 741 g/mol. The molecule has 58 heavy (non-hydrogen) atoms. The minimum atomic E-state index is -1.09. The quantitative estimate of drug-likeness (QED) is 0.192. The summed E-state index contributed by atoms with van der Waals surface area (Å²) in [5, 5.41) is 25.1. The third-order valence-corrected chi connectivity index (χ3v) is 16.5. The molecule has 0 unspecified atom stereocenters. The highest BCUT2D eigenvalue weighted by molar-refractivity contribution is 5.91. The normalized spacial score (nSPS) is 37.4. The standard InChI is InChI=1S/C46H52N2O10/c49-29-13-15-45(53)33-21-27-9-11-31(39-37(27)43(45,41(29)57-39)17-19-47(33)23-25-5-6-25)55-35(51)3-1-2-4-36(52)56-32-12-10-28-22-34-46(54)16-14-30(50)42-44(46,38(28)40(32)58-42)18-20-48(34)24-26-7-8-26/h9-12,25-26,33-34,41-42,53-54H,1-8,13-24H2/t33-,34-,41+,42+,43+,44+,45-,46-/m1/s1. The van der Waals surface area contributed by atoms with Gasteiger partial charge in [-0.3, -0.25) is 29.0 Å². The number of Topliss-reactive ketones (excluding diaryl/α,β-unsaturated/α-hetero) is 2. The van der Waals surface area contributed by atoms with E-state index in [9.17, 15) is 29.4 Å². The van der Waals surface area contributed by atoms with Crippen molar-refractivity contribution in [2.45, 2.75) is 149 Å². The number of ketones is 2. The Morgan fingerprint density at radius 1 is 0.655 bits per heavy atom. The maximum atomic E-state index is 13.4. The van der Waals surface area contributed by atoms with Crippen molar-refractivity contribution in [1.29, 1.82) is 0 Å². The van der Waals surface area contributed by atoms with Crippen molar-refractivity contribution in [3.63, 3.8) is 0 Å². The van der Waals surface area contributed by atoms with E-state index >= 15 is 0 Å². The minimum absolute atomic E-state index is 0.00545. The number of carbonyl (C=O) groups is 4. The fourth-order valence-corrected chi connectivity index (χ4v) is 13.6. The zero-order valence-corrected chi connectivity index (χ0v) is 33.0. The number of unbranched alkanes of at least 4 members (excludes halogenated alkanes) is 1. The van der Waals surface area contributed by atoms with Gasteiger partial charge in [0.2, 0.25) is 0 Å². The summed E-state index contributed by atoms with van der Waals surface area (Å²) in [6.45, 7) is 3.56. The fraction of sp³-hybridized carbons (Fsp3) is 0.652. The molecule has 4 aliphatic heterocycles. The second kappa shape index (κ2) is 12.4. The molecule has 4 saturated carbocycles. The predicted octanol–water partition coefficient (Wildman–Crippen LogP) is 4.02. The van der Waals surface area contributed by atoms with Gasteiger partial charge in [-0.1, -0.05) is 12.1 Å². The van der Waals surface area contributed by atoms with Crippen LogP contribution < -0.4 is 18.9 Å². The number of piperidine rings is 2. The monoisotopic (exact) mass is 792 g/mol. The third-order valence-electron chi connectivity index (χ3n) is 16.5. The maximum Gasteiger partial charge on any atom is 0.311 e. The number of rotatable bonds is 11. The number of ether oxygens (including phenoxy) is 4. The van der Waals surface area contributed by atoms with E-state index in [1.165, 1.54) is 25.7 Å². The zero-order valence-electron chi connectivity index (χ0n) is 33.0. The van der Waals surface area contributed by atoms with Crippen LogP contribution in [0.3, 0.4) is 0 Å². The molecule has 6 aliphatic carbocycles. The van der Waals surface area contributed by atoms with Crippen molar-refractivity contribution < 1.29 is 48.3 Å². The molecule has 4 heterocycles. The summed E-state index contributed by atoms with van der Waals surface area (Å²) in [5.74, 6) is 1.82. The van der Waals surface area contributed by atoms with Gasteiger partial charge in [0, 0.05) is 62.0 Å². The SMILES string of the molecule is O=C(CCCCC(=O)Oc1ccc2c3c1O[C@H]1C(=O)CC[C@@]4(O)[C@@H](C2)N(CC2CC2)CC[C@]314)Oc1ccc2c3c1O[C@H]1C(=O)CC[C@@]4(O)[C@@H](C2)N(CC2CC2)CC[C@]314. The van der Waals surface area contributed by atoms with E-state index in [0.29, 0.717) is 74.7 Å². The summed E-state index contributed by atoms with van der Waals surface area (Å²) in [5.41, 5.74) is -0.0462. The first kappa shape index (κ1) is 36.0. The van der Waals surface area contributed by atoms with Crippen LogP contribution >= 0.6 is 0 Å². The number of aliphatic hydroxyl groups is 2. The fourth-order valence-electron chi connectivity index (χ4n) is 13.6. The molecule has 2 aromatic rings. The van der Waals surface area contributed by atoms with E-state index < -0.39 is 46.2 Å². The van der Waals surface area contributed by atoms with E-state index in [1.807, 2.05) is 12.1 Å². The van der Waals surface area contributed by atoms with Gasteiger partial charge in [-0.25, -0.2) is 0 Å². The van der Waals surface area contributed by atoms with Crippen LogP contribution in [-0.4, -0.2) is 105 Å². The molecule has 10 aliphatic rings. The molecule has 8 atom stereocenters. The van der Waals surface area contributed by atoms with Gasteiger partial charge >= 0.3 is 11.9 Å². The number of hydrogen-bond acceptors (Lipinski definition) is 12. The van der Waals surface area contributed by atoms with E-state index in [2.05, 4.69) is 9.80 Å². The Labute approximate surface area is 337 Å². The van der Waals surface area contributed by atoms with Crippen LogP contribution in [0.15, 0.2) is 24.3 Å². The van der Waals surface area contributed by atoms with E-state index in [1.54, 1.807) is 12.1 Å². The second-order valence-corrected chi connectivity index (χ2v) is 19.5. The van der Waals surface area contributed by atoms with Crippen LogP contribution in [0.1, 0.15) is 112 Å². The average molecular weight is 793 g/mol. The lowest BCUT2D eigenvalue weighted by atomic mass is 9.49. The van der Waals surface area contributed by atoms with Gasteiger partial charge in [0.05, 0.1) is 22.0 Å². The lowest BCUT2D eigenvalue weighted by Gasteiger charge is -2.62. The van der Waals surface area contributed by atoms with Gasteiger partial charge in [0.15, 0.2) is 46.8 Å². The molecular formula is C46H52N2O10. The summed E-state index contributed by atoms with van der Waals surface area (Å²) < 4.78 is 24.7. The molecule has 12 nitrogen and oxygen atoms in total. The summed E-state index contributed by atoms with van der Waals surface area (Å²) in [6.07, 6.45) is 8.20. The van der Waals surface area contributed by atoms with E-state index in [-0.39, 0.29) is 60.8 Å². The van der Waals surface area contributed by atoms with Crippen LogP contribution in [0.4, 0.5) is 0 Å². The molecule has 12 heteroatoms. The Morgan fingerprint density at radius 3 is 1.50 bits per heavy atom. The molecule has 6 fully saturated rings. The molecule has 4 bridgehead atoms. The van der Waals surface area contributed by atoms with Crippen LogP contribution in [0.5, 0.6) is 23.0 Å². The molecule has 0 amide bonds. The molecule has 2 aromatic carbocycles. The van der Waals surface area contributed by atoms with Crippen LogP contribution in [-0.2, 0) is 42.8 Å². The Bertz CT molecular complexity index is 2030. The molecule has 2 N–H and O–H groups in total. The second-order valence-electron chi connectivity index (χ2n) is 19.5. The number of hydrogen-bond donors (Lipinski definition) is 2. The molecule has 0 radical (unpaired) electrons. The smallest absolute Gasteiger partial charge is 0.311 e. The number of benzene rings is 2. The highest BCUT2D eigenvalue weighted by atomic mass is 16.6. The Hall–Kier alpha value is -3.84. The summed E-state index contributed by atoms with van der Waals surface area (Å²) in [4.78, 5) is 58.3. The Morgan fingerprint density at radius 2 is 1.09 bits per heavy atom. The summed E-state index contributed by atoms with van der Waals surface area (Å²) in [7, 11) is 0. The first-order valence-corrected chi connectivity index (χ1v) is 22.1. The molecule has 306 valence electrons. The first-order chi connectivity index (χ1) is 28.0.